The first-order chi connectivity index (χ1) is 10.1. The van der Waals surface area contributed by atoms with Crippen LogP contribution in [-0.4, -0.2) is 44.8 Å². The highest BCUT2D eigenvalue weighted by Gasteiger charge is 2.01. The monoisotopic (exact) mass is 292 g/mol. The second-order valence-electron chi connectivity index (χ2n) is 6.10. The van der Waals surface area contributed by atoms with Gasteiger partial charge in [-0.3, -0.25) is 4.90 Å². The zero-order chi connectivity index (χ0) is 15.5. The largest absolute Gasteiger partial charge is 0.380 e. The standard InChI is InChI=1S/C18H32N2O/c1-5-21-13-12-20(4)15-18-8-6-17(7-9-18)10-11-19-14-16(2)3/h6-9,16,19H,5,10-15H2,1-4H3. The molecule has 0 fully saturated rings. The number of nitrogens with one attached hydrogen (secondary N) is 1. The van der Waals surface area contributed by atoms with Crippen molar-refractivity contribution in [3.8, 4) is 0 Å². The van der Waals surface area contributed by atoms with Crippen molar-refractivity contribution < 1.29 is 4.74 Å². The maximum absolute atomic E-state index is 5.38. The van der Waals surface area contributed by atoms with Crippen LogP contribution < -0.4 is 5.32 Å². The number of ether oxygens (including phenoxy) is 1. The van der Waals surface area contributed by atoms with Crippen LogP contribution in [0.5, 0.6) is 0 Å². The van der Waals surface area contributed by atoms with Gasteiger partial charge in [0.25, 0.3) is 0 Å². The third kappa shape index (κ3) is 8.86. The first-order valence-electron chi connectivity index (χ1n) is 8.16. The van der Waals surface area contributed by atoms with Gasteiger partial charge < -0.3 is 10.1 Å². The molecule has 0 bridgehead atoms. The number of benzene rings is 1. The molecule has 1 aromatic rings. The second kappa shape index (κ2) is 10.8. The molecule has 3 heteroatoms. The number of nitrogens with zero attached hydrogens (tertiary/aromatic N) is 1. The molecule has 1 aromatic carbocycles. The maximum atomic E-state index is 5.38. The molecule has 0 aliphatic rings. The van der Waals surface area contributed by atoms with Crippen LogP contribution >= 0.6 is 0 Å². The highest BCUT2D eigenvalue weighted by atomic mass is 16.5. The third-order valence-corrected chi connectivity index (χ3v) is 3.44. The Morgan fingerprint density at radius 1 is 1.14 bits per heavy atom. The Labute approximate surface area is 130 Å². The molecule has 0 aliphatic carbocycles. The van der Waals surface area contributed by atoms with Gasteiger partial charge in [-0.05, 0) is 50.5 Å². The van der Waals surface area contributed by atoms with Gasteiger partial charge in [0.05, 0.1) is 6.61 Å². The molecule has 0 aromatic heterocycles. The van der Waals surface area contributed by atoms with E-state index in [9.17, 15) is 0 Å². The van der Waals surface area contributed by atoms with Crippen molar-refractivity contribution in [1.29, 1.82) is 0 Å². The van der Waals surface area contributed by atoms with Crippen LogP contribution in [0.2, 0.25) is 0 Å². The minimum atomic E-state index is 0.722. The molecule has 0 amide bonds. The smallest absolute Gasteiger partial charge is 0.0593 e. The Kier molecular flexibility index (Phi) is 9.31. The van der Waals surface area contributed by atoms with E-state index in [0.29, 0.717) is 0 Å². The van der Waals surface area contributed by atoms with E-state index < -0.39 is 0 Å². The Hall–Kier alpha value is -0.900. The van der Waals surface area contributed by atoms with Crippen molar-refractivity contribution in [2.75, 3.05) is 39.9 Å². The fraction of sp³-hybridized carbons (Fsp3) is 0.667. The Balaban J connectivity index is 2.26. The van der Waals surface area contributed by atoms with Crippen LogP contribution in [0, 0.1) is 5.92 Å². The summed E-state index contributed by atoms with van der Waals surface area (Å²) >= 11 is 0. The van der Waals surface area contributed by atoms with Crippen molar-refractivity contribution in [3.63, 3.8) is 0 Å². The van der Waals surface area contributed by atoms with Crippen molar-refractivity contribution in [3.05, 3.63) is 35.4 Å². The van der Waals surface area contributed by atoms with Crippen LogP contribution in [0.4, 0.5) is 0 Å². The molecule has 0 aliphatic heterocycles. The zero-order valence-corrected chi connectivity index (χ0v) is 14.2. The Bertz CT molecular complexity index is 362. The van der Waals surface area contributed by atoms with Crippen molar-refractivity contribution in [2.24, 2.45) is 5.92 Å². The van der Waals surface area contributed by atoms with Gasteiger partial charge >= 0.3 is 0 Å². The predicted octanol–water partition coefficient (Wildman–Crippen LogP) is 2.94. The molecular formula is C18H32N2O. The summed E-state index contributed by atoms with van der Waals surface area (Å²) in [5.74, 6) is 0.722. The topological polar surface area (TPSA) is 24.5 Å². The van der Waals surface area contributed by atoms with Crippen molar-refractivity contribution in [1.82, 2.24) is 10.2 Å². The minimum Gasteiger partial charge on any atom is -0.380 e. The van der Waals surface area contributed by atoms with Crippen LogP contribution in [0.3, 0.4) is 0 Å². The van der Waals surface area contributed by atoms with E-state index in [2.05, 4.69) is 55.4 Å². The zero-order valence-electron chi connectivity index (χ0n) is 14.2. The van der Waals surface area contributed by atoms with Gasteiger partial charge in [0.15, 0.2) is 0 Å². The van der Waals surface area contributed by atoms with E-state index in [1.807, 2.05) is 6.92 Å². The molecule has 0 saturated heterocycles. The van der Waals surface area contributed by atoms with Gasteiger partial charge in [0.2, 0.25) is 0 Å². The molecule has 0 heterocycles. The lowest BCUT2D eigenvalue weighted by Crippen LogP contribution is -2.23. The fourth-order valence-electron chi connectivity index (χ4n) is 2.19. The Morgan fingerprint density at radius 3 is 2.43 bits per heavy atom. The van der Waals surface area contributed by atoms with Gasteiger partial charge in [-0.25, -0.2) is 0 Å². The highest BCUT2D eigenvalue weighted by molar-refractivity contribution is 5.22. The fourth-order valence-corrected chi connectivity index (χ4v) is 2.19. The van der Waals surface area contributed by atoms with E-state index >= 15 is 0 Å². The predicted molar refractivity (Wildman–Crippen MR) is 90.7 cm³/mol. The minimum absolute atomic E-state index is 0.722. The lowest BCUT2D eigenvalue weighted by molar-refractivity contribution is 0.120. The average Bonchev–Trinajstić information content (AvgIpc) is 2.45. The summed E-state index contributed by atoms with van der Waals surface area (Å²) in [5, 5.41) is 3.49. The summed E-state index contributed by atoms with van der Waals surface area (Å²) in [6.07, 6.45) is 1.10. The molecular weight excluding hydrogens is 260 g/mol. The molecule has 1 N–H and O–H groups in total. The van der Waals surface area contributed by atoms with E-state index in [0.717, 1.165) is 51.7 Å². The molecule has 0 radical (unpaired) electrons. The summed E-state index contributed by atoms with van der Waals surface area (Å²) in [6, 6.07) is 9.00. The molecule has 120 valence electrons. The molecule has 0 saturated carbocycles. The van der Waals surface area contributed by atoms with E-state index in [-0.39, 0.29) is 0 Å². The van der Waals surface area contributed by atoms with Gasteiger partial charge in [0.1, 0.15) is 0 Å². The van der Waals surface area contributed by atoms with Crippen molar-refractivity contribution >= 4 is 0 Å². The highest BCUT2D eigenvalue weighted by Crippen LogP contribution is 2.07. The SMILES string of the molecule is CCOCCN(C)Cc1ccc(CCNCC(C)C)cc1. The van der Waals surface area contributed by atoms with E-state index in [1.165, 1.54) is 11.1 Å². The lowest BCUT2D eigenvalue weighted by atomic mass is 10.1. The van der Waals surface area contributed by atoms with Crippen LogP contribution in [0.15, 0.2) is 24.3 Å². The third-order valence-electron chi connectivity index (χ3n) is 3.44. The van der Waals surface area contributed by atoms with E-state index in [1.54, 1.807) is 0 Å². The molecule has 1 rings (SSSR count). The molecule has 21 heavy (non-hydrogen) atoms. The van der Waals surface area contributed by atoms with Gasteiger partial charge in [0, 0.05) is 19.7 Å². The summed E-state index contributed by atoms with van der Waals surface area (Å²) < 4.78 is 5.38. The van der Waals surface area contributed by atoms with E-state index in [4.69, 9.17) is 4.74 Å². The lowest BCUT2D eigenvalue weighted by Gasteiger charge is -2.16. The quantitative estimate of drug-likeness (QED) is 0.635. The normalized spacial score (nSPS) is 11.5. The first kappa shape index (κ1) is 18.1. The number of rotatable bonds is 11. The number of likely N-dealkylation sites (N-methyl/N-ethyl adjacent to an activating group) is 1. The molecule has 0 spiro atoms. The maximum Gasteiger partial charge on any atom is 0.0593 e. The van der Waals surface area contributed by atoms with Gasteiger partial charge in [-0.2, -0.15) is 0 Å². The first-order valence-corrected chi connectivity index (χ1v) is 8.16. The average molecular weight is 292 g/mol. The Morgan fingerprint density at radius 2 is 1.81 bits per heavy atom. The number of hydrogen-bond acceptors (Lipinski definition) is 3. The number of hydrogen-bond donors (Lipinski definition) is 1. The van der Waals surface area contributed by atoms with Gasteiger partial charge in [-0.15, -0.1) is 0 Å². The van der Waals surface area contributed by atoms with Crippen molar-refractivity contribution in [2.45, 2.75) is 33.7 Å². The summed E-state index contributed by atoms with van der Waals surface area (Å²) in [7, 11) is 2.14. The second-order valence-corrected chi connectivity index (χ2v) is 6.10. The van der Waals surface area contributed by atoms with Crippen LogP contribution in [0.1, 0.15) is 31.9 Å². The summed E-state index contributed by atoms with van der Waals surface area (Å²) in [4.78, 5) is 2.30. The molecule has 0 atom stereocenters. The van der Waals surface area contributed by atoms with Gasteiger partial charge in [-0.1, -0.05) is 38.1 Å². The van der Waals surface area contributed by atoms with Crippen LogP contribution in [0.25, 0.3) is 0 Å². The summed E-state index contributed by atoms with van der Waals surface area (Å²) in [5.41, 5.74) is 2.78. The summed E-state index contributed by atoms with van der Waals surface area (Å²) in [6.45, 7) is 12.3. The molecule has 0 unspecified atom stereocenters. The van der Waals surface area contributed by atoms with Crippen LogP contribution in [-0.2, 0) is 17.7 Å². The molecule has 3 nitrogen and oxygen atoms in total.